The van der Waals surface area contributed by atoms with Crippen LogP contribution in [0.15, 0.2) is 53.0 Å². The molecule has 2 aromatic rings. The second-order valence-electron chi connectivity index (χ2n) is 4.11. The molecule has 0 heterocycles. The first-order chi connectivity index (χ1) is 8.78. The third-order valence-corrected chi connectivity index (χ3v) is 3.15. The van der Waals surface area contributed by atoms with Crippen LogP contribution in [0, 0.1) is 0 Å². The van der Waals surface area contributed by atoms with Crippen LogP contribution in [-0.4, -0.2) is 7.11 Å². The van der Waals surface area contributed by atoms with E-state index in [2.05, 4.69) is 57.6 Å². The van der Waals surface area contributed by atoms with Crippen molar-refractivity contribution in [2.24, 2.45) is 0 Å². The van der Waals surface area contributed by atoms with Crippen LogP contribution in [0.2, 0.25) is 0 Å². The second-order valence-corrected chi connectivity index (χ2v) is 5.03. The van der Waals surface area contributed by atoms with Gasteiger partial charge in [0.25, 0.3) is 0 Å². The van der Waals surface area contributed by atoms with E-state index in [1.807, 2.05) is 12.1 Å². The number of anilines is 1. The highest BCUT2D eigenvalue weighted by Gasteiger charge is 1.96. The SMILES string of the molecule is COCc1ccc(CNc2cccc(Br)c2)cc1. The fourth-order valence-electron chi connectivity index (χ4n) is 1.72. The van der Waals surface area contributed by atoms with Crippen molar-refractivity contribution in [1.82, 2.24) is 0 Å². The minimum atomic E-state index is 0.666. The average Bonchev–Trinajstić information content (AvgIpc) is 2.38. The Labute approximate surface area is 116 Å². The lowest BCUT2D eigenvalue weighted by molar-refractivity contribution is 0.185. The highest BCUT2D eigenvalue weighted by atomic mass is 79.9. The molecule has 0 aromatic heterocycles. The molecule has 0 fully saturated rings. The summed E-state index contributed by atoms with van der Waals surface area (Å²) in [4.78, 5) is 0. The lowest BCUT2D eigenvalue weighted by Crippen LogP contribution is -1.99. The monoisotopic (exact) mass is 305 g/mol. The summed E-state index contributed by atoms with van der Waals surface area (Å²) in [6.45, 7) is 1.49. The molecule has 0 spiro atoms. The number of hydrogen-bond acceptors (Lipinski definition) is 2. The van der Waals surface area contributed by atoms with E-state index >= 15 is 0 Å². The number of ether oxygens (including phenoxy) is 1. The summed E-state index contributed by atoms with van der Waals surface area (Å²) < 4.78 is 6.18. The van der Waals surface area contributed by atoms with Gasteiger partial charge in [0.05, 0.1) is 6.61 Å². The van der Waals surface area contributed by atoms with Crippen LogP contribution < -0.4 is 5.32 Å². The van der Waals surface area contributed by atoms with E-state index in [-0.39, 0.29) is 0 Å². The second kappa shape index (κ2) is 6.57. The minimum absolute atomic E-state index is 0.666. The average molecular weight is 306 g/mol. The zero-order valence-corrected chi connectivity index (χ0v) is 11.9. The van der Waals surface area contributed by atoms with Crippen LogP contribution in [-0.2, 0) is 17.9 Å². The topological polar surface area (TPSA) is 21.3 Å². The number of halogens is 1. The van der Waals surface area contributed by atoms with Gasteiger partial charge in [0, 0.05) is 23.8 Å². The summed E-state index contributed by atoms with van der Waals surface area (Å²) in [5, 5.41) is 3.39. The summed E-state index contributed by atoms with van der Waals surface area (Å²) >= 11 is 3.46. The lowest BCUT2D eigenvalue weighted by atomic mass is 10.1. The van der Waals surface area contributed by atoms with E-state index < -0.39 is 0 Å². The molecule has 2 aromatic carbocycles. The Morgan fingerprint density at radius 2 is 1.78 bits per heavy atom. The van der Waals surface area contributed by atoms with Crippen molar-refractivity contribution < 1.29 is 4.74 Å². The van der Waals surface area contributed by atoms with Gasteiger partial charge in [-0.25, -0.2) is 0 Å². The van der Waals surface area contributed by atoms with Crippen LogP contribution in [0.4, 0.5) is 5.69 Å². The minimum Gasteiger partial charge on any atom is -0.381 e. The van der Waals surface area contributed by atoms with Crippen LogP contribution in [0.3, 0.4) is 0 Å². The molecule has 0 bridgehead atoms. The predicted molar refractivity (Wildman–Crippen MR) is 78.6 cm³/mol. The fourth-order valence-corrected chi connectivity index (χ4v) is 2.12. The van der Waals surface area contributed by atoms with E-state index in [1.54, 1.807) is 7.11 Å². The van der Waals surface area contributed by atoms with Gasteiger partial charge in [0.15, 0.2) is 0 Å². The molecule has 0 amide bonds. The number of nitrogens with one attached hydrogen (secondary N) is 1. The Morgan fingerprint density at radius 1 is 1.06 bits per heavy atom. The van der Waals surface area contributed by atoms with Crippen molar-refractivity contribution in [3.05, 3.63) is 64.1 Å². The predicted octanol–water partition coefficient (Wildman–Crippen LogP) is 4.21. The van der Waals surface area contributed by atoms with Crippen molar-refractivity contribution in [3.63, 3.8) is 0 Å². The zero-order chi connectivity index (χ0) is 12.8. The van der Waals surface area contributed by atoms with E-state index in [0.717, 1.165) is 16.7 Å². The molecule has 2 rings (SSSR count). The zero-order valence-electron chi connectivity index (χ0n) is 10.3. The van der Waals surface area contributed by atoms with E-state index in [4.69, 9.17) is 4.74 Å². The molecule has 2 nitrogen and oxygen atoms in total. The van der Waals surface area contributed by atoms with Crippen LogP contribution in [0.5, 0.6) is 0 Å². The molecule has 0 unspecified atom stereocenters. The third kappa shape index (κ3) is 3.86. The quantitative estimate of drug-likeness (QED) is 0.893. The Kier molecular flexibility index (Phi) is 4.79. The molecule has 0 aliphatic carbocycles. The molecule has 0 aliphatic rings. The number of rotatable bonds is 5. The summed E-state index contributed by atoms with van der Waals surface area (Å²) in [6, 6.07) is 16.6. The van der Waals surface area contributed by atoms with Gasteiger partial charge in [-0.15, -0.1) is 0 Å². The van der Waals surface area contributed by atoms with E-state index in [1.165, 1.54) is 11.1 Å². The van der Waals surface area contributed by atoms with Crippen molar-refractivity contribution in [2.75, 3.05) is 12.4 Å². The van der Waals surface area contributed by atoms with Gasteiger partial charge in [0.1, 0.15) is 0 Å². The van der Waals surface area contributed by atoms with Crippen molar-refractivity contribution in [2.45, 2.75) is 13.2 Å². The normalized spacial score (nSPS) is 10.3. The highest BCUT2D eigenvalue weighted by Crippen LogP contribution is 2.16. The van der Waals surface area contributed by atoms with Gasteiger partial charge in [0.2, 0.25) is 0 Å². The van der Waals surface area contributed by atoms with Crippen LogP contribution in [0.1, 0.15) is 11.1 Å². The Morgan fingerprint density at radius 3 is 2.44 bits per heavy atom. The first-order valence-electron chi connectivity index (χ1n) is 5.84. The number of methoxy groups -OCH3 is 1. The van der Waals surface area contributed by atoms with Crippen molar-refractivity contribution in [3.8, 4) is 0 Å². The highest BCUT2D eigenvalue weighted by molar-refractivity contribution is 9.10. The van der Waals surface area contributed by atoms with Crippen LogP contribution >= 0.6 is 15.9 Å². The van der Waals surface area contributed by atoms with Gasteiger partial charge in [-0.1, -0.05) is 46.3 Å². The molecule has 1 N–H and O–H groups in total. The summed E-state index contributed by atoms with van der Waals surface area (Å²) in [7, 11) is 1.71. The molecule has 0 saturated heterocycles. The summed E-state index contributed by atoms with van der Waals surface area (Å²) in [6.07, 6.45) is 0. The molecule has 18 heavy (non-hydrogen) atoms. The maximum atomic E-state index is 5.09. The number of hydrogen-bond donors (Lipinski definition) is 1. The maximum Gasteiger partial charge on any atom is 0.0713 e. The first-order valence-corrected chi connectivity index (χ1v) is 6.63. The Bertz CT molecular complexity index is 496. The van der Waals surface area contributed by atoms with E-state index in [9.17, 15) is 0 Å². The van der Waals surface area contributed by atoms with Crippen molar-refractivity contribution in [1.29, 1.82) is 0 Å². The maximum absolute atomic E-state index is 5.09. The van der Waals surface area contributed by atoms with Gasteiger partial charge in [-0.05, 0) is 29.3 Å². The fraction of sp³-hybridized carbons (Fsp3) is 0.200. The summed E-state index contributed by atoms with van der Waals surface area (Å²) in [5.74, 6) is 0. The molecule has 0 saturated carbocycles. The lowest BCUT2D eigenvalue weighted by Gasteiger charge is -2.07. The first kappa shape index (κ1) is 13.1. The van der Waals surface area contributed by atoms with E-state index in [0.29, 0.717) is 6.61 Å². The van der Waals surface area contributed by atoms with Crippen molar-refractivity contribution >= 4 is 21.6 Å². The largest absolute Gasteiger partial charge is 0.381 e. The summed E-state index contributed by atoms with van der Waals surface area (Å²) in [5.41, 5.74) is 3.57. The Hall–Kier alpha value is -1.32. The van der Waals surface area contributed by atoms with Crippen LogP contribution in [0.25, 0.3) is 0 Å². The molecular weight excluding hydrogens is 290 g/mol. The van der Waals surface area contributed by atoms with Gasteiger partial charge >= 0.3 is 0 Å². The molecule has 0 radical (unpaired) electrons. The Balaban J connectivity index is 1.93. The van der Waals surface area contributed by atoms with Gasteiger partial charge in [-0.3, -0.25) is 0 Å². The molecule has 0 atom stereocenters. The number of benzene rings is 2. The standard InChI is InChI=1S/C15H16BrNO/c1-18-11-13-7-5-12(6-8-13)10-17-15-4-2-3-14(16)9-15/h2-9,17H,10-11H2,1H3. The van der Waals surface area contributed by atoms with Gasteiger partial charge < -0.3 is 10.1 Å². The van der Waals surface area contributed by atoms with Gasteiger partial charge in [-0.2, -0.15) is 0 Å². The third-order valence-electron chi connectivity index (χ3n) is 2.66. The molecule has 3 heteroatoms. The molecule has 0 aliphatic heterocycles. The molecular formula is C15H16BrNO. The smallest absolute Gasteiger partial charge is 0.0713 e. The molecule has 94 valence electrons.